The van der Waals surface area contributed by atoms with Crippen LogP contribution in [-0.2, 0) is 4.79 Å². The molecule has 18 heavy (non-hydrogen) atoms. The number of rotatable bonds is 4. The molecule has 0 aliphatic carbocycles. The van der Waals surface area contributed by atoms with Gasteiger partial charge in [-0.15, -0.1) is 0 Å². The largest absolute Gasteiger partial charge is 0.495 e. The standard InChI is InChI=1S/C12H13BrN2O3/c1-12(17,7-13)11(16)15-9-4-3-8(6-14)10(5-9)18-2/h3-5,17H,7H2,1-2H3,(H,15,16)/t12-/m0/s1. The van der Waals surface area contributed by atoms with E-state index < -0.39 is 11.5 Å². The molecule has 0 fully saturated rings. The molecule has 0 bridgehead atoms. The van der Waals surface area contributed by atoms with Gasteiger partial charge in [-0.05, 0) is 19.1 Å². The first-order valence-corrected chi connectivity index (χ1v) is 6.24. The molecule has 1 atom stereocenters. The third-order valence-electron chi connectivity index (χ3n) is 2.33. The fourth-order valence-corrected chi connectivity index (χ4v) is 1.44. The number of hydrogen-bond donors (Lipinski definition) is 2. The number of methoxy groups -OCH3 is 1. The molecule has 0 unspecified atom stereocenters. The van der Waals surface area contributed by atoms with E-state index in [1.807, 2.05) is 6.07 Å². The number of ether oxygens (including phenoxy) is 1. The van der Waals surface area contributed by atoms with Gasteiger partial charge in [-0.25, -0.2) is 0 Å². The summed E-state index contributed by atoms with van der Waals surface area (Å²) in [6.07, 6.45) is 0. The molecule has 0 radical (unpaired) electrons. The lowest BCUT2D eigenvalue weighted by atomic mass is 10.1. The molecule has 5 nitrogen and oxygen atoms in total. The molecule has 6 heteroatoms. The van der Waals surface area contributed by atoms with E-state index >= 15 is 0 Å². The van der Waals surface area contributed by atoms with Crippen LogP contribution in [0.5, 0.6) is 5.75 Å². The van der Waals surface area contributed by atoms with Gasteiger partial charge < -0.3 is 15.2 Å². The molecule has 1 amide bonds. The van der Waals surface area contributed by atoms with Crippen LogP contribution in [0.4, 0.5) is 5.69 Å². The van der Waals surface area contributed by atoms with Crippen LogP contribution >= 0.6 is 15.9 Å². The minimum Gasteiger partial charge on any atom is -0.495 e. The average molecular weight is 313 g/mol. The Morgan fingerprint density at radius 3 is 2.83 bits per heavy atom. The monoisotopic (exact) mass is 312 g/mol. The van der Waals surface area contributed by atoms with Gasteiger partial charge in [0.2, 0.25) is 0 Å². The minimum atomic E-state index is -1.50. The summed E-state index contributed by atoms with van der Waals surface area (Å²) in [4.78, 5) is 11.7. The highest BCUT2D eigenvalue weighted by Gasteiger charge is 2.28. The Balaban J connectivity index is 2.94. The molecule has 96 valence electrons. The average Bonchev–Trinajstić information content (AvgIpc) is 2.38. The first-order valence-electron chi connectivity index (χ1n) is 5.12. The maximum atomic E-state index is 11.7. The van der Waals surface area contributed by atoms with Gasteiger partial charge in [-0.2, -0.15) is 5.26 Å². The van der Waals surface area contributed by atoms with Crippen molar-refractivity contribution in [1.29, 1.82) is 5.26 Å². The van der Waals surface area contributed by atoms with Gasteiger partial charge in [0.05, 0.1) is 12.7 Å². The first-order chi connectivity index (χ1) is 8.44. The van der Waals surface area contributed by atoms with E-state index in [4.69, 9.17) is 10.00 Å². The van der Waals surface area contributed by atoms with Crippen molar-refractivity contribution >= 4 is 27.5 Å². The highest BCUT2D eigenvalue weighted by molar-refractivity contribution is 9.09. The van der Waals surface area contributed by atoms with Crippen LogP contribution in [0.25, 0.3) is 0 Å². The van der Waals surface area contributed by atoms with Crippen molar-refractivity contribution in [1.82, 2.24) is 0 Å². The molecule has 0 aromatic heterocycles. The summed E-state index contributed by atoms with van der Waals surface area (Å²) in [5.74, 6) is -0.167. The smallest absolute Gasteiger partial charge is 0.256 e. The van der Waals surface area contributed by atoms with E-state index in [0.717, 1.165) is 0 Å². The Hall–Kier alpha value is -1.58. The zero-order valence-corrected chi connectivity index (χ0v) is 11.6. The lowest BCUT2D eigenvalue weighted by Gasteiger charge is -2.19. The van der Waals surface area contributed by atoms with Crippen molar-refractivity contribution in [3.63, 3.8) is 0 Å². The second-order valence-corrected chi connectivity index (χ2v) is 4.45. The topological polar surface area (TPSA) is 82.3 Å². The Bertz CT molecular complexity index is 495. The van der Waals surface area contributed by atoms with Crippen molar-refractivity contribution in [3.8, 4) is 11.8 Å². The predicted octanol–water partition coefficient (Wildman–Crippen LogP) is 1.65. The molecule has 0 saturated carbocycles. The van der Waals surface area contributed by atoms with Crippen molar-refractivity contribution in [2.24, 2.45) is 0 Å². The van der Waals surface area contributed by atoms with Gasteiger partial charge in [0, 0.05) is 17.1 Å². The highest BCUT2D eigenvalue weighted by Crippen LogP contribution is 2.23. The van der Waals surface area contributed by atoms with E-state index in [-0.39, 0.29) is 5.33 Å². The Morgan fingerprint density at radius 1 is 1.67 bits per heavy atom. The third kappa shape index (κ3) is 3.22. The molecular weight excluding hydrogens is 300 g/mol. The summed E-state index contributed by atoms with van der Waals surface area (Å²) < 4.78 is 5.02. The zero-order valence-electron chi connectivity index (χ0n) is 10.0. The van der Waals surface area contributed by atoms with Crippen LogP contribution in [0.3, 0.4) is 0 Å². The summed E-state index contributed by atoms with van der Waals surface area (Å²) in [5, 5.41) is 21.2. The quantitative estimate of drug-likeness (QED) is 0.828. The van der Waals surface area contributed by atoms with Gasteiger partial charge in [0.1, 0.15) is 17.4 Å². The van der Waals surface area contributed by atoms with Crippen LogP contribution in [0.15, 0.2) is 18.2 Å². The van der Waals surface area contributed by atoms with E-state index in [2.05, 4.69) is 21.2 Å². The number of amides is 1. The number of benzene rings is 1. The summed E-state index contributed by atoms with van der Waals surface area (Å²) >= 11 is 3.06. The molecule has 0 heterocycles. The summed E-state index contributed by atoms with van der Waals surface area (Å²) in [6.45, 7) is 1.40. The number of nitriles is 1. The normalized spacial score (nSPS) is 13.3. The Labute approximate surface area is 114 Å². The molecule has 1 rings (SSSR count). The van der Waals surface area contributed by atoms with E-state index in [1.54, 1.807) is 6.07 Å². The van der Waals surface area contributed by atoms with E-state index in [9.17, 15) is 9.90 Å². The summed E-state index contributed by atoms with van der Waals surface area (Å²) in [5.41, 5.74) is -0.666. The zero-order chi connectivity index (χ0) is 13.8. The molecule has 0 aliphatic heterocycles. The van der Waals surface area contributed by atoms with Crippen LogP contribution in [0, 0.1) is 11.3 Å². The second-order valence-electron chi connectivity index (χ2n) is 3.89. The number of nitrogens with one attached hydrogen (secondary N) is 1. The predicted molar refractivity (Wildman–Crippen MR) is 70.8 cm³/mol. The molecule has 1 aromatic rings. The van der Waals surface area contributed by atoms with Crippen LogP contribution in [0.2, 0.25) is 0 Å². The fourth-order valence-electron chi connectivity index (χ4n) is 1.19. The minimum absolute atomic E-state index is 0.124. The van der Waals surface area contributed by atoms with Crippen molar-refractivity contribution in [2.45, 2.75) is 12.5 Å². The summed E-state index contributed by atoms with van der Waals surface area (Å²) in [6, 6.07) is 6.61. The molecular formula is C12H13BrN2O3. The number of alkyl halides is 1. The SMILES string of the molecule is COc1cc(NC(=O)[C@@](C)(O)CBr)ccc1C#N. The van der Waals surface area contributed by atoms with Gasteiger partial charge >= 0.3 is 0 Å². The van der Waals surface area contributed by atoms with Crippen molar-refractivity contribution in [3.05, 3.63) is 23.8 Å². The van der Waals surface area contributed by atoms with Gasteiger partial charge in [0.25, 0.3) is 5.91 Å². The Kier molecular flexibility index (Phi) is 4.70. The van der Waals surface area contributed by atoms with Gasteiger partial charge in [0.15, 0.2) is 0 Å². The number of anilines is 1. The fraction of sp³-hybridized carbons (Fsp3) is 0.333. The van der Waals surface area contributed by atoms with E-state index in [0.29, 0.717) is 17.0 Å². The maximum absolute atomic E-state index is 11.7. The Morgan fingerprint density at radius 2 is 2.33 bits per heavy atom. The molecule has 2 N–H and O–H groups in total. The number of halogens is 1. The second kappa shape index (κ2) is 5.85. The number of hydrogen-bond acceptors (Lipinski definition) is 4. The van der Waals surface area contributed by atoms with Crippen LogP contribution in [0.1, 0.15) is 12.5 Å². The number of nitrogens with zero attached hydrogens (tertiary/aromatic N) is 1. The number of carbonyl (C=O) groups is 1. The van der Waals surface area contributed by atoms with E-state index in [1.165, 1.54) is 26.2 Å². The van der Waals surface area contributed by atoms with Gasteiger partial charge in [-0.3, -0.25) is 4.79 Å². The lowest BCUT2D eigenvalue weighted by Crippen LogP contribution is -2.41. The number of carbonyl (C=O) groups excluding carboxylic acids is 1. The number of aliphatic hydroxyl groups is 1. The maximum Gasteiger partial charge on any atom is 0.256 e. The van der Waals surface area contributed by atoms with Crippen LogP contribution < -0.4 is 10.1 Å². The lowest BCUT2D eigenvalue weighted by molar-refractivity contribution is -0.130. The van der Waals surface area contributed by atoms with Crippen LogP contribution in [-0.4, -0.2) is 29.1 Å². The molecule has 0 saturated heterocycles. The highest BCUT2D eigenvalue weighted by atomic mass is 79.9. The molecule has 0 spiro atoms. The summed E-state index contributed by atoms with van der Waals surface area (Å²) in [7, 11) is 1.44. The first kappa shape index (κ1) is 14.5. The van der Waals surface area contributed by atoms with Crippen molar-refractivity contribution < 1.29 is 14.6 Å². The van der Waals surface area contributed by atoms with Gasteiger partial charge in [-0.1, -0.05) is 15.9 Å². The molecule has 0 aliphatic rings. The third-order valence-corrected chi connectivity index (χ3v) is 3.42. The van der Waals surface area contributed by atoms with Crippen molar-refractivity contribution in [2.75, 3.05) is 17.8 Å². The molecule has 1 aromatic carbocycles.